The van der Waals surface area contributed by atoms with Gasteiger partial charge in [0.15, 0.2) is 0 Å². The van der Waals surface area contributed by atoms with E-state index in [0.29, 0.717) is 12.1 Å². The van der Waals surface area contributed by atoms with Crippen molar-refractivity contribution in [2.75, 3.05) is 0 Å². The molecule has 0 aliphatic heterocycles. The second-order valence-corrected chi connectivity index (χ2v) is 2.39. The van der Waals surface area contributed by atoms with Crippen molar-refractivity contribution in [3.8, 4) is 5.75 Å². The van der Waals surface area contributed by atoms with Crippen LogP contribution in [0, 0.1) is 18.6 Å². The first-order chi connectivity index (χ1) is 6.00. The molecule has 0 unspecified atom stereocenters. The molecule has 0 amide bonds. The predicted octanol–water partition coefficient (Wildman–Crippen LogP) is 2.87. The van der Waals surface area contributed by atoms with Gasteiger partial charge in [-0.1, -0.05) is 0 Å². The van der Waals surface area contributed by atoms with Crippen LogP contribution in [-0.2, 0) is 0 Å². The van der Waals surface area contributed by atoms with Crippen molar-refractivity contribution in [3.63, 3.8) is 0 Å². The highest BCUT2D eigenvalue weighted by Crippen LogP contribution is 2.21. The van der Waals surface area contributed by atoms with Crippen LogP contribution in [0.15, 0.2) is 12.1 Å². The molecule has 1 aromatic rings. The maximum atomic E-state index is 12.7. The highest BCUT2D eigenvalue weighted by atomic mass is 19.3. The standard InChI is InChI=1S/C8H6F4O/c1-4-6(9)2-5(3-7(4)10)13-8(11)12/h2-3,8H,1H3. The summed E-state index contributed by atoms with van der Waals surface area (Å²) in [4.78, 5) is 0. The van der Waals surface area contributed by atoms with Gasteiger partial charge in [0.2, 0.25) is 0 Å². The fourth-order valence-electron chi connectivity index (χ4n) is 0.793. The lowest BCUT2D eigenvalue weighted by Gasteiger charge is -2.05. The van der Waals surface area contributed by atoms with Gasteiger partial charge in [-0.25, -0.2) is 8.78 Å². The van der Waals surface area contributed by atoms with Crippen LogP contribution in [0.1, 0.15) is 5.56 Å². The topological polar surface area (TPSA) is 9.23 Å². The largest absolute Gasteiger partial charge is 0.435 e. The van der Waals surface area contributed by atoms with Gasteiger partial charge in [-0.3, -0.25) is 0 Å². The summed E-state index contributed by atoms with van der Waals surface area (Å²) in [7, 11) is 0. The Kier molecular flexibility index (Phi) is 2.75. The Hall–Kier alpha value is -1.26. The summed E-state index contributed by atoms with van der Waals surface area (Å²) < 4.78 is 52.5. The summed E-state index contributed by atoms with van der Waals surface area (Å²) in [5.74, 6) is -2.33. The van der Waals surface area contributed by atoms with E-state index in [9.17, 15) is 17.6 Å². The van der Waals surface area contributed by atoms with Gasteiger partial charge < -0.3 is 4.74 Å². The molecule has 0 bridgehead atoms. The van der Waals surface area contributed by atoms with Crippen molar-refractivity contribution in [1.29, 1.82) is 0 Å². The molecular weight excluding hydrogens is 188 g/mol. The summed E-state index contributed by atoms with van der Waals surface area (Å²) >= 11 is 0. The summed E-state index contributed by atoms with van der Waals surface area (Å²) in [6.07, 6.45) is 0. The van der Waals surface area contributed by atoms with E-state index in [1.807, 2.05) is 0 Å². The molecule has 0 saturated heterocycles. The molecular formula is C8H6F4O. The molecule has 0 aliphatic carbocycles. The zero-order valence-electron chi connectivity index (χ0n) is 6.65. The van der Waals surface area contributed by atoms with Gasteiger partial charge in [-0.2, -0.15) is 8.78 Å². The number of alkyl halides is 2. The first-order valence-corrected chi connectivity index (χ1v) is 3.41. The third kappa shape index (κ3) is 2.34. The Morgan fingerprint density at radius 1 is 1.15 bits per heavy atom. The molecule has 1 nitrogen and oxygen atoms in total. The third-order valence-electron chi connectivity index (χ3n) is 1.48. The molecule has 72 valence electrons. The number of hydrogen-bond acceptors (Lipinski definition) is 1. The Morgan fingerprint density at radius 3 is 2.00 bits per heavy atom. The molecule has 0 aliphatic rings. The van der Waals surface area contributed by atoms with E-state index in [2.05, 4.69) is 4.74 Å². The zero-order valence-corrected chi connectivity index (χ0v) is 6.65. The van der Waals surface area contributed by atoms with E-state index in [1.165, 1.54) is 6.92 Å². The molecule has 0 spiro atoms. The first-order valence-electron chi connectivity index (χ1n) is 3.41. The minimum atomic E-state index is -3.08. The van der Waals surface area contributed by atoms with E-state index in [4.69, 9.17) is 0 Å². The van der Waals surface area contributed by atoms with Gasteiger partial charge in [0, 0.05) is 17.7 Å². The van der Waals surface area contributed by atoms with Gasteiger partial charge >= 0.3 is 6.61 Å². The van der Waals surface area contributed by atoms with Crippen molar-refractivity contribution in [1.82, 2.24) is 0 Å². The molecule has 0 atom stereocenters. The number of benzene rings is 1. The SMILES string of the molecule is Cc1c(F)cc(OC(F)F)cc1F. The lowest BCUT2D eigenvalue weighted by Crippen LogP contribution is -2.03. The Morgan fingerprint density at radius 2 is 1.62 bits per heavy atom. The second-order valence-electron chi connectivity index (χ2n) is 2.39. The molecule has 0 heterocycles. The number of rotatable bonds is 2. The van der Waals surface area contributed by atoms with Crippen LogP contribution < -0.4 is 4.74 Å². The average molecular weight is 194 g/mol. The van der Waals surface area contributed by atoms with Gasteiger partial charge in [0.25, 0.3) is 0 Å². The molecule has 0 aromatic heterocycles. The van der Waals surface area contributed by atoms with E-state index in [-0.39, 0.29) is 5.56 Å². The van der Waals surface area contributed by atoms with Gasteiger partial charge in [-0.15, -0.1) is 0 Å². The predicted molar refractivity (Wildman–Crippen MR) is 37.7 cm³/mol. The quantitative estimate of drug-likeness (QED) is 0.657. The molecule has 0 fully saturated rings. The smallest absolute Gasteiger partial charge is 0.387 e. The minimum Gasteiger partial charge on any atom is -0.435 e. The summed E-state index contributed by atoms with van der Waals surface area (Å²) in [5.41, 5.74) is -0.221. The fraction of sp³-hybridized carbons (Fsp3) is 0.250. The van der Waals surface area contributed by atoms with Crippen LogP contribution in [-0.4, -0.2) is 6.61 Å². The molecule has 13 heavy (non-hydrogen) atoms. The third-order valence-corrected chi connectivity index (χ3v) is 1.48. The lowest BCUT2D eigenvalue weighted by molar-refractivity contribution is -0.0501. The van der Waals surface area contributed by atoms with Crippen molar-refractivity contribution >= 4 is 0 Å². The first kappa shape index (κ1) is 9.83. The van der Waals surface area contributed by atoms with Crippen LogP contribution in [0.4, 0.5) is 17.6 Å². The van der Waals surface area contributed by atoms with Crippen molar-refractivity contribution in [2.45, 2.75) is 13.5 Å². The van der Waals surface area contributed by atoms with Gasteiger partial charge in [-0.05, 0) is 6.92 Å². The molecule has 1 rings (SSSR count). The molecule has 0 saturated carbocycles. The molecule has 5 heteroatoms. The Labute approximate surface area is 71.9 Å². The average Bonchev–Trinajstić information content (AvgIpc) is 1.98. The van der Waals surface area contributed by atoms with Crippen LogP contribution in [0.5, 0.6) is 5.75 Å². The lowest BCUT2D eigenvalue weighted by atomic mass is 10.2. The monoisotopic (exact) mass is 194 g/mol. The highest BCUT2D eigenvalue weighted by molar-refractivity contribution is 5.29. The normalized spacial score (nSPS) is 10.6. The van der Waals surface area contributed by atoms with Crippen molar-refractivity contribution in [3.05, 3.63) is 29.3 Å². The summed E-state index contributed by atoms with van der Waals surface area (Å²) in [6.45, 7) is -1.88. The minimum absolute atomic E-state index is 0.221. The van der Waals surface area contributed by atoms with Crippen LogP contribution >= 0.6 is 0 Å². The molecule has 0 N–H and O–H groups in total. The Balaban J connectivity index is 2.99. The van der Waals surface area contributed by atoms with E-state index >= 15 is 0 Å². The van der Waals surface area contributed by atoms with Crippen LogP contribution in [0.25, 0.3) is 0 Å². The molecule has 0 radical (unpaired) electrons. The van der Waals surface area contributed by atoms with Crippen molar-refractivity contribution < 1.29 is 22.3 Å². The van der Waals surface area contributed by atoms with Gasteiger partial charge in [0.1, 0.15) is 17.4 Å². The van der Waals surface area contributed by atoms with E-state index in [1.54, 1.807) is 0 Å². The highest BCUT2D eigenvalue weighted by Gasteiger charge is 2.10. The van der Waals surface area contributed by atoms with Gasteiger partial charge in [0.05, 0.1) is 0 Å². The van der Waals surface area contributed by atoms with Crippen LogP contribution in [0.2, 0.25) is 0 Å². The van der Waals surface area contributed by atoms with Crippen LogP contribution in [0.3, 0.4) is 0 Å². The molecule has 1 aromatic carbocycles. The second kappa shape index (κ2) is 3.64. The number of halogens is 4. The number of hydrogen-bond donors (Lipinski definition) is 0. The summed E-state index contributed by atoms with van der Waals surface area (Å²) in [6, 6.07) is 1.43. The van der Waals surface area contributed by atoms with Crippen molar-refractivity contribution in [2.24, 2.45) is 0 Å². The maximum absolute atomic E-state index is 12.7. The van der Waals surface area contributed by atoms with E-state index < -0.39 is 24.0 Å². The zero-order chi connectivity index (χ0) is 10.0. The maximum Gasteiger partial charge on any atom is 0.387 e. The van der Waals surface area contributed by atoms with E-state index in [0.717, 1.165) is 0 Å². The number of ether oxygens (including phenoxy) is 1. The fourth-order valence-corrected chi connectivity index (χ4v) is 0.793. The Bertz CT molecular complexity index is 288. The summed E-state index contributed by atoms with van der Waals surface area (Å²) in [5, 5.41) is 0.